The highest BCUT2D eigenvalue weighted by atomic mass is 16.5. The van der Waals surface area contributed by atoms with Gasteiger partial charge in [0.2, 0.25) is 0 Å². The molecule has 14 heavy (non-hydrogen) atoms. The molecule has 4 heteroatoms. The lowest BCUT2D eigenvalue weighted by Crippen LogP contribution is -2.70. The number of nitrogens with zero attached hydrogens (tertiary/aromatic N) is 1. The normalized spacial score (nSPS) is 24.6. The Morgan fingerprint density at radius 3 is 2.79 bits per heavy atom. The predicted molar refractivity (Wildman–Crippen MR) is 52.9 cm³/mol. The lowest BCUT2D eigenvalue weighted by Gasteiger charge is -2.56. The van der Waals surface area contributed by atoms with E-state index in [1.807, 2.05) is 6.08 Å². The van der Waals surface area contributed by atoms with Crippen LogP contribution >= 0.6 is 0 Å². The number of methoxy groups -OCH3 is 1. The zero-order valence-corrected chi connectivity index (χ0v) is 8.45. The van der Waals surface area contributed by atoms with Gasteiger partial charge in [-0.05, 0) is 0 Å². The predicted octanol–water partition coefficient (Wildman–Crippen LogP) is -0.379. The summed E-state index contributed by atoms with van der Waals surface area (Å²) in [4.78, 5) is 13.1. The van der Waals surface area contributed by atoms with Crippen LogP contribution in [-0.2, 0) is 9.53 Å². The molecule has 1 spiro atoms. The Bertz CT molecular complexity index is 251. The Morgan fingerprint density at radius 2 is 2.29 bits per heavy atom. The van der Waals surface area contributed by atoms with E-state index in [0.29, 0.717) is 5.41 Å². The molecule has 2 saturated heterocycles. The van der Waals surface area contributed by atoms with Crippen LogP contribution in [0.1, 0.15) is 0 Å². The average molecular weight is 196 g/mol. The van der Waals surface area contributed by atoms with Gasteiger partial charge in [0.05, 0.1) is 7.11 Å². The van der Waals surface area contributed by atoms with Gasteiger partial charge in [-0.25, -0.2) is 4.79 Å². The molecule has 0 atom stereocenters. The summed E-state index contributed by atoms with van der Waals surface area (Å²) in [6.45, 7) is 5.49. The maximum Gasteiger partial charge on any atom is 0.330 e. The third-order valence-corrected chi connectivity index (χ3v) is 2.94. The number of hydrogen-bond acceptors (Lipinski definition) is 4. The van der Waals surface area contributed by atoms with Crippen LogP contribution in [0.15, 0.2) is 12.2 Å². The number of rotatable bonds is 3. The van der Waals surface area contributed by atoms with Gasteiger partial charge in [-0.1, -0.05) is 6.08 Å². The van der Waals surface area contributed by atoms with Crippen LogP contribution in [0.3, 0.4) is 0 Å². The first-order valence-corrected chi connectivity index (χ1v) is 4.92. The molecule has 0 bridgehead atoms. The summed E-state index contributed by atoms with van der Waals surface area (Å²) in [5.41, 5.74) is 0.569. The average Bonchev–Trinajstić information content (AvgIpc) is 2.05. The van der Waals surface area contributed by atoms with E-state index in [-0.39, 0.29) is 5.97 Å². The Labute approximate surface area is 83.9 Å². The number of ether oxygens (including phenoxy) is 1. The zero-order chi connectivity index (χ0) is 10.0. The molecule has 0 aromatic rings. The minimum absolute atomic E-state index is 0.273. The highest BCUT2D eigenvalue weighted by Crippen LogP contribution is 2.33. The van der Waals surface area contributed by atoms with Gasteiger partial charge < -0.3 is 10.1 Å². The molecule has 2 rings (SSSR count). The summed E-state index contributed by atoms with van der Waals surface area (Å²) in [6, 6.07) is 0. The van der Waals surface area contributed by atoms with Crippen molar-refractivity contribution >= 4 is 5.97 Å². The Hall–Kier alpha value is -0.870. The molecule has 0 amide bonds. The van der Waals surface area contributed by atoms with E-state index in [4.69, 9.17) is 0 Å². The van der Waals surface area contributed by atoms with Crippen molar-refractivity contribution in [3.05, 3.63) is 12.2 Å². The van der Waals surface area contributed by atoms with E-state index in [1.54, 1.807) is 0 Å². The maximum absolute atomic E-state index is 10.8. The second kappa shape index (κ2) is 3.71. The van der Waals surface area contributed by atoms with E-state index in [9.17, 15) is 4.79 Å². The lowest BCUT2D eigenvalue weighted by molar-refractivity contribution is -0.134. The molecule has 1 N–H and O–H groups in total. The number of carbonyl (C=O) groups is 1. The molecular formula is C10H16N2O2. The minimum Gasteiger partial charge on any atom is -0.466 e. The van der Waals surface area contributed by atoms with E-state index < -0.39 is 0 Å². The van der Waals surface area contributed by atoms with Crippen molar-refractivity contribution in [2.24, 2.45) is 5.41 Å². The van der Waals surface area contributed by atoms with Crippen LogP contribution in [-0.4, -0.2) is 50.7 Å². The number of likely N-dealkylation sites (tertiary alicyclic amines) is 1. The second-order valence-corrected chi connectivity index (χ2v) is 4.20. The molecule has 2 aliphatic rings. The fraction of sp³-hybridized carbons (Fsp3) is 0.700. The summed E-state index contributed by atoms with van der Waals surface area (Å²) in [5, 5.41) is 3.29. The van der Waals surface area contributed by atoms with Gasteiger partial charge in [0.15, 0.2) is 0 Å². The van der Waals surface area contributed by atoms with E-state index in [0.717, 1.165) is 32.7 Å². The van der Waals surface area contributed by atoms with Crippen LogP contribution < -0.4 is 5.32 Å². The van der Waals surface area contributed by atoms with Crippen LogP contribution in [0.4, 0.5) is 0 Å². The molecule has 0 aromatic heterocycles. The van der Waals surface area contributed by atoms with Crippen LogP contribution in [0, 0.1) is 5.41 Å². The number of nitrogens with one attached hydrogen (secondary N) is 1. The van der Waals surface area contributed by atoms with Gasteiger partial charge in [-0.15, -0.1) is 0 Å². The van der Waals surface area contributed by atoms with E-state index in [1.165, 1.54) is 13.2 Å². The largest absolute Gasteiger partial charge is 0.466 e. The first kappa shape index (κ1) is 9.68. The molecule has 0 aliphatic carbocycles. The van der Waals surface area contributed by atoms with Gasteiger partial charge in [0.1, 0.15) is 0 Å². The van der Waals surface area contributed by atoms with Gasteiger partial charge in [-0.2, -0.15) is 0 Å². The molecule has 2 aliphatic heterocycles. The lowest BCUT2D eigenvalue weighted by atomic mass is 9.74. The van der Waals surface area contributed by atoms with Gasteiger partial charge in [0, 0.05) is 44.2 Å². The molecule has 4 nitrogen and oxygen atoms in total. The maximum atomic E-state index is 10.8. The molecule has 0 radical (unpaired) electrons. The molecule has 2 fully saturated rings. The van der Waals surface area contributed by atoms with Crippen molar-refractivity contribution < 1.29 is 9.53 Å². The number of carbonyl (C=O) groups excluding carboxylic acids is 1. The number of hydrogen-bond donors (Lipinski definition) is 1. The molecule has 0 unspecified atom stereocenters. The highest BCUT2D eigenvalue weighted by Gasteiger charge is 2.46. The fourth-order valence-electron chi connectivity index (χ4n) is 2.10. The van der Waals surface area contributed by atoms with Crippen molar-refractivity contribution in [3.8, 4) is 0 Å². The Balaban J connectivity index is 1.64. The zero-order valence-electron chi connectivity index (χ0n) is 8.45. The molecule has 0 aromatic carbocycles. The third-order valence-electron chi connectivity index (χ3n) is 2.94. The van der Waals surface area contributed by atoms with Crippen molar-refractivity contribution in [1.29, 1.82) is 0 Å². The van der Waals surface area contributed by atoms with Crippen molar-refractivity contribution in [2.45, 2.75) is 0 Å². The molecular weight excluding hydrogens is 180 g/mol. The van der Waals surface area contributed by atoms with Gasteiger partial charge in [-0.3, -0.25) is 4.90 Å². The number of esters is 1. The summed E-state index contributed by atoms with van der Waals surface area (Å²) in [7, 11) is 1.39. The first-order valence-electron chi connectivity index (χ1n) is 4.92. The summed E-state index contributed by atoms with van der Waals surface area (Å²) < 4.78 is 4.50. The van der Waals surface area contributed by atoms with Gasteiger partial charge in [0.25, 0.3) is 0 Å². The summed E-state index contributed by atoms with van der Waals surface area (Å²) in [5.74, 6) is -0.273. The summed E-state index contributed by atoms with van der Waals surface area (Å²) >= 11 is 0. The second-order valence-electron chi connectivity index (χ2n) is 4.20. The SMILES string of the molecule is COC(=O)/C=C/CN1CC2(CNC2)C1. The Morgan fingerprint density at radius 1 is 1.57 bits per heavy atom. The molecule has 0 saturated carbocycles. The van der Waals surface area contributed by atoms with Crippen molar-refractivity contribution in [3.63, 3.8) is 0 Å². The van der Waals surface area contributed by atoms with E-state index >= 15 is 0 Å². The Kier molecular flexibility index (Phi) is 2.56. The van der Waals surface area contributed by atoms with Crippen LogP contribution in [0.2, 0.25) is 0 Å². The van der Waals surface area contributed by atoms with Crippen molar-refractivity contribution in [1.82, 2.24) is 10.2 Å². The first-order chi connectivity index (χ1) is 6.74. The summed E-state index contributed by atoms with van der Waals surface area (Å²) in [6.07, 6.45) is 3.36. The molecule has 2 heterocycles. The van der Waals surface area contributed by atoms with Crippen LogP contribution in [0.5, 0.6) is 0 Å². The fourth-order valence-corrected chi connectivity index (χ4v) is 2.10. The highest BCUT2D eigenvalue weighted by molar-refractivity contribution is 5.81. The van der Waals surface area contributed by atoms with E-state index in [2.05, 4.69) is 15.0 Å². The minimum atomic E-state index is -0.273. The third kappa shape index (κ3) is 1.81. The van der Waals surface area contributed by atoms with Crippen LogP contribution in [0.25, 0.3) is 0 Å². The van der Waals surface area contributed by atoms with Crippen molar-refractivity contribution in [2.75, 3.05) is 39.8 Å². The molecule has 78 valence electrons. The topological polar surface area (TPSA) is 41.6 Å². The van der Waals surface area contributed by atoms with Gasteiger partial charge >= 0.3 is 5.97 Å². The quantitative estimate of drug-likeness (QED) is 0.493. The standard InChI is InChI=1S/C10H16N2O2/c1-14-9(13)3-2-4-12-7-10(8-12)5-11-6-10/h2-3,11H,4-8H2,1H3/b3-2+. The smallest absolute Gasteiger partial charge is 0.330 e. The monoisotopic (exact) mass is 196 g/mol.